The summed E-state index contributed by atoms with van der Waals surface area (Å²) in [5, 5.41) is 0. The Morgan fingerprint density at radius 3 is 1.25 bits per heavy atom. The van der Waals surface area contributed by atoms with E-state index in [0.717, 1.165) is 0 Å². The number of hydrogen-bond donors (Lipinski definition) is 3. The van der Waals surface area contributed by atoms with E-state index in [9.17, 15) is 0 Å². The molecule has 0 aromatic rings. The molecule has 8 heavy (non-hydrogen) atoms. The van der Waals surface area contributed by atoms with Crippen molar-refractivity contribution in [2.24, 2.45) is 0 Å². The van der Waals surface area contributed by atoms with Crippen molar-refractivity contribution in [1.82, 2.24) is 0 Å². The first kappa shape index (κ1) is 22.5. The van der Waals surface area contributed by atoms with Gasteiger partial charge >= 0.3 is 26.7 Å². The van der Waals surface area contributed by atoms with E-state index >= 15 is 0 Å². The van der Waals surface area contributed by atoms with Crippen LogP contribution in [0.25, 0.3) is 0 Å². The van der Waals surface area contributed by atoms with Gasteiger partial charge in [0.05, 0.1) is 0 Å². The van der Waals surface area contributed by atoms with Crippen molar-refractivity contribution in [1.29, 1.82) is 0 Å². The second-order valence-electron chi connectivity index (χ2n) is 0.513. The smallest absolute Gasteiger partial charge is 1.00 e. The molecule has 44 valence electrons. The van der Waals surface area contributed by atoms with Crippen molar-refractivity contribution in [3.05, 3.63) is 0 Å². The van der Waals surface area contributed by atoms with E-state index in [4.69, 9.17) is 19.2 Å². The van der Waals surface area contributed by atoms with Crippen LogP contribution in [0.1, 0.15) is 1.43 Å². The van der Waals surface area contributed by atoms with Crippen molar-refractivity contribution in [3.8, 4) is 0 Å². The zero-order valence-corrected chi connectivity index (χ0v) is 8.73. The Bertz CT molecular complexity index is 66.7. The fourth-order valence-electron chi connectivity index (χ4n) is 0. The molecule has 0 aliphatic rings. The Morgan fingerprint density at radius 1 is 1.25 bits per heavy atom. The molecule has 0 unspecified atom stereocenters. The van der Waals surface area contributed by atoms with Crippen molar-refractivity contribution < 1.29 is 83.1 Å². The van der Waals surface area contributed by atoms with E-state index in [1.54, 1.807) is 0 Å². The largest absolute Gasteiger partial charge is 1.00 e. The van der Waals surface area contributed by atoms with E-state index in [1.165, 1.54) is 0 Å². The topological polar surface area (TPSA) is 77.8 Å². The Kier molecular flexibility index (Phi) is 25.6. The maximum Gasteiger partial charge on any atom is 1.00 e. The summed E-state index contributed by atoms with van der Waals surface area (Å²) < 4.78 is 8.88. The first-order valence-electron chi connectivity index (χ1n) is 0.783. The first-order chi connectivity index (χ1) is 2.00. The Labute approximate surface area is 90.2 Å². The maximum absolute atomic E-state index is 8.88. The van der Waals surface area contributed by atoms with Crippen molar-refractivity contribution in [2.45, 2.75) is 0 Å². The molecule has 0 rings (SSSR count). The number of phosphoric acid groups is 1. The van der Waals surface area contributed by atoms with Crippen LogP contribution in [0.3, 0.4) is 0 Å². The van der Waals surface area contributed by atoms with Gasteiger partial charge in [-0.05, 0) is 0 Å². The molecular weight excluding hydrogens is 245 g/mol. The Morgan fingerprint density at radius 2 is 1.25 bits per heavy atom. The minimum Gasteiger partial charge on any atom is -1.00 e. The second kappa shape index (κ2) is 9.12. The SMILES string of the molecule is O=P(O)(O)O.[Cr].[H-].[Li+].[Zr]. The standard InChI is InChI=1S/Cr.Li.H3O4P.Zr.H/c;;1-5(2,3)4;;/h;;(H3,1,2,3,4);;/q;+1;;;-1. The van der Waals surface area contributed by atoms with Gasteiger partial charge in [0.15, 0.2) is 0 Å². The summed E-state index contributed by atoms with van der Waals surface area (Å²) in [6.07, 6.45) is 0. The van der Waals surface area contributed by atoms with Gasteiger partial charge in [-0.25, -0.2) is 4.57 Å². The minimum atomic E-state index is -4.64. The van der Waals surface area contributed by atoms with Crippen LogP contribution in [-0.2, 0) is 48.1 Å². The molecule has 0 radical (unpaired) electrons. The molecule has 8 heteroatoms. The minimum absolute atomic E-state index is 0. The van der Waals surface area contributed by atoms with Crippen LogP contribution in [0.4, 0.5) is 0 Å². The van der Waals surface area contributed by atoms with Gasteiger partial charge in [-0.15, -0.1) is 0 Å². The molecule has 0 aromatic carbocycles. The van der Waals surface area contributed by atoms with E-state index in [1.807, 2.05) is 0 Å². The number of rotatable bonds is 0. The zero-order valence-electron chi connectivity index (χ0n) is 5.11. The second-order valence-corrected chi connectivity index (χ2v) is 1.54. The summed E-state index contributed by atoms with van der Waals surface area (Å²) in [4.78, 5) is 21.6. The van der Waals surface area contributed by atoms with E-state index in [2.05, 4.69) is 0 Å². The summed E-state index contributed by atoms with van der Waals surface area (Å²) in [5.74, 6) is 0. The molecule has 0 fully saturated rings. The molecule has 0 aliphatic carbocycles. The molecule has 0 aromatic heterocycles. The fraction of sp³-hybridized carbons (Fsp3) is 0. The van der Waals surface area contributed by atoms with Crippen LogP contribution in [0.2, 0.25) is 0 Å². The molecular formula is H4CrLiO4PZr. The van der Waals surface area contributed by atoms with Crippen LogP contribution in [0.15, 0.2) is 0 Å². The normalized spacial score (nSPS) is 7.38. The molecule has 0 aliphatic heterocycles. The van der Waals surface area contributed by atoms with Crippen LogP contribution >= 0.6 is 7.82 Å². The molecule has 3 N–H and O–H groups in total. The molecule has 0 atom stereocenters. The van der Waals surface area contributed by atoms with Crippen LogP contribution in [0, 0.1) is 0 Å². The van der Waals surface area contributed by atoms with E-state index < -0.39 is 7.82 Å². The molecule has 0 saturated carbocycles. The predicted octanol–water partition coefficient (Wildman–Crippen LogP) is -3.82. The fourth-order valence-corrected chi connectivity index (χ4v) is 0. The average molecular weight is 249 g/mol. The third-order valence-corrected chi connectivity index (χ3v) is 0. The predicted molar refractivity (Wildman–Crippen MR) is 15.4 cm³/mol. The summed E-state index contributed by atoms with van der Waals surface area (Å²) in [5.41, 5.74) is 0. The quantitative estimate of drug-likeness (QED) is 0.304. The summed E-state index contributed by atoms with van der Waals surface area (Å²) in [6, 6.07) is 0. The summed E-state index contributed by atoms with van der Waals surface area (Å²) in [7, 11) is -4.64. The maximum atomic E-state index is 8.88. The van der Waals surface area contributed by atoms with Gasteiger partial charge in [0.2, 0.25) is 0 Å². The van der Waals surface area contributed by atoms with Crippen LogP contribution in [-0.4, -0.2) is 14.7 Å². The van der Waals surface area contributed by atoms with Crippen LogP contribution in [0.5, 0.6) is 0 Å². The van der Waals surface area contributed by atoms with E-state index in [-0.39, 0.29) is 63.9 Å². The zero-order chi connectivity index (χ0) is 4.50. The summed E-state index contributed by atoms with van der Waals surface area (Å²) in [6.45, 7) is 0. The van der Waals surface area contributed by atoms with Crippen molar-refractivity contribution in [2.75, 3.05) is 0 Å². The third-order valence-electron chi connectivity index (χ3n) is 0. The van der Waals surface area contributed by atoms with E-state index in [0.29, 0.717) is 0 Å². The molecule has 0 heterocycles. The van der Waals surface area contributed by atoms with Crippen molar-refractivity contribution in [3.63, 3.8) is 0 Å². The first-order valence-corrected chi connectivity index (χ1v) is 2.35. The molecule has 0 amide bonds. The van der Waals surface area contributed by atoms with Gasteiger partial charge in [0.25, 0.3) is 0 Å². The molecule has 4 nitrogen and oxygen atoms in total. The van der Waals surface area contributed by atoms with Gasteiger partial charge < -0.3 is 16.1 Å². The average Bonchev–Trinajstić information content (AvgIpc) is 0.722. The monoisotopic (exact) mass is 248 g/mol. The molecule has 0 bridgehead atoms. The van der Waals surface area contributed by atoms with Gasteiger partial charge in [-0.1, -0.05) is 0 Å². The van der Waals surface area contributed by atoms with Gasteiger partial charge in [-0.3, -0.25) is 0 Å². The molecule has 0 saturated heterocycles. The Balaban J connectivity index is -0.0000000133. The van der Waals surface area contributed by atoms with Crippen molar-refractivity contribution >= 4 is 7.82 Å². The third kappa shape index (κ3) is 91.4. The molecule has 0 spiro atoms. The van der Waals surface area contributed by atoms with Gasteiger partial charge in [0, 0.05) is 43.6 Å². The van der Waals surface area contributed by atoms with Crippen LogP contribution < -0.4 is 18.9 Å². The Hall–Kier alpha value is 2.12. The van der Waals surface area contributed by atoms with Gasteiger partial charge in [0.1, 0.15) is 0 Å². The van der Waals surface area contributed by atoms with Gasteiger partial charge in [-0.2, -0.15) is 0 Å². The number of hydrogen-bond acceptors (Lipinski definition) is 1. The summed E-state index contributed by atoms with van der Waals surface area (Å²) >= 11 is 0.